The molecule has 2 aromatic heterocycles. The van der Waals surface area contributed by atoms with E-state index in [1.54, 1.807) is 0 Å². The molecule has 32 heavy (non-hydrogen) atoms. The summed E-state index contributed by atoms with van der Waals surface area (Å²) in [6, 6.07) is 4.54. The van der Waals surface area contributed by atoms with Crippen molar-refractivity contribution < 1.29 is 36.4 Å². The van der Waals surface area contributed by atoms with Crippen LogP contribution in [0, 0.1) is 25.1 Å². The fourth-order valence-corrected chi connectivity index (χ4v) is 3.11. The van der Waals surface area contributed by atoms with Gasteiger partial charge in [-0.2, -0.15) is 13.2 Å². The van der Waals surface area contributed by atoms with Crippen LogP contribution in [0.4, 0.5) is 17.6 Å². The molecule has 2 N–H and O–H groups in total. The fourth-order valence-electron chi connectivity index (χ4n) is 2.65. The van der Waals surface area contributed by atoms with Gasteiger partial charge in [0.15, 0.2) is 0 Å². The summed E-state index contributed by atoms with van der Waals surface area (Å²) in [5.74, 6) is -1.14. The van der Waals surface area contributed by atoms with Gasteiger partial charge in [0.1, 0.15) is 17.6 Å². The van der Waals surface area contributed by atoms with Crippen LogP contribution >= 0.6 is 19.4 Å². The Labute approximate surface area is 183 Å². The van der Waals surface area contributed by atoms with Crippen molar-refractivity contribution in [3.05, 3.63) is 75.0 Å². The first-order valence-corrected chi connectivity index (χ1v) is 10.5. The van der Waals surface area contributed by atoms with E-state index in [0.717, 1.165) is 10.6 Å². The van der Waals surface area contributed by atoms with Crippen molar-refractivity contribution in [2.24, 2.45) is 0 Å². The van der Waals surface area contributed by atoms with Crippen LogP contribution in [0.25, 0.3) is 22.4 Å². The minimum absolute atomic E-state index is 0.0386. The highest BCUT2D eigenvalue weighted by Crippen LogP contribution is 2.36. The maximum atomic E-state index is 14.2. The Morgan fingerprint density at radius 3 is 2.47 bits per heavy atom. The summed E-state index contributed by atoms with van der Waals surface area (Å²) >= 11 is 6.01. The number of benzene rings is 1. The van der Waals surface area contributed by atoms with Gasteiger partial charge in [0, 0.05) is 16.8 Å². The van der Waals surface area contributed by atoms with E-state index in [2.05, 4.69) is 21.9 Å². The van der Waals surface area contributed by atoms with Crippen LogP contribution in [-0.2, 0) is 22.0 Å². The fraction of sp³-hybridized carbons (Fsp3) is 0.158. The largest absolute Gasteiger partial charge is 0.471 e. The van der Waals surface area contributed by atoms with E-state index in [1.807, 2.05) is 0 Å². The van der Waals surface area contributed by atoms with E-state index in [4.69, 9.17) is 21.4 Å². The molecule has 168 valence electrons. The molecule has 3 aromatic rings. The molecule has 2 radical (unpaired) electrons. The van der Waals surface area contributed by atoms with Crippen LogP contribution in [-0.4, -0.2) is 19.3 Å². The molecule has 0 spiro atoms. The van der Waals surface area contributed by atoms with Gasteiger partial charge in [-0.05, 0) is 37.3 Å². The zero-order valence-electron chi connectivity index (χ0n) is 15.9. The number of alkyl halides is 3. The highest BCUT2D eigenvalue weighted by atomic mass is 35.5. The molecule has 0 amide bonds. The summed E-state index contributed by atoms with van der Waals surface area (Å²) in [7, 11) is -4.81. The van der Waals surface area contributed by atoms with E-state index in [9.17, 15) is 26.9 Å². The number of halogens is 5. The highest BCUT2D eigenvalue weighted by Gasteiger charge is 2.31. The van der Waals surface area contributed by atoms with Crippen LogP contribution in [0.5, 0.6) is 0 Å². The quantitative estimate of drug-likeness (QED) is 0.407. The van der Waals surface area contributed by atoms with Gasteiger partial charge in [-0.3, -0.25) is 9.32 Å². The summed E-state index contributed by atoms with van der Waals surface area (Å²) < 4.78 is 68.7. The topological polar surface area (TPSA) is 102 Å². The van der Waals surface area contributed by atoms with E-state index in [0.29, 0.717) is 12.1 Å². The zero-order valence-corrected chi connectivity index (χ0v) is 17.6. The molecule has 0 saturated carbocycles. The maximum Gasteiger partial charge on any atom is 0.471 e. The third-order valence-electron chi connectivity index (χ3n) is 4.30. The summed E-state index contributed by atoms with van der Waals surface area (Å²) in [5, 5.41) is -0.265. The van der Waals surface area contributed by atoms with Gasteiger partial charge in [-0.15, -0.1) is 0 Å². The Morgan fingerprint density at radius 1 is 1.25 bits per heavy atom. The number of hydrogen-bond acceptors (Lipinski definition) is 4. The van der Waals surface area contributed by atoms with Crippen molar-refractivity contribution in [2.45, 2.75) is 19.8 Å². The summed E-state index contributed by atoms with van der Waals surface area (Å²) in [5.41, 5.74) is -2.06. The van der Waals surface area contributed by atoms with Gasteiger partial charge in [0.2, 0.25) is 5.43 Å². The molecule has 0 unspecified atom stereocenters. The lowest BCUT2D eigenvalue weighted by molar-refractivity contribution is -0.137. The number of phosphoric ester groups is 1. The average molecular weight is 491 g/mol. The van der Waals surface area contributed by atoms with Crippen LogP contribution in [0.1, 0.15) is 11.3 Å². The SMILES string of the molecule is Cc1c(Cl)c(=O)c(-c2[c]nc(-c3ccc(C(F)(F)F)cc3F)cc2)[c]n1COP(=O)(O)O. The van der Waals surface area contributed by atoms with Gasteiger partial charge in [0.25, 0.3) is 0 Å². The van der Waals surface area contributed by atoms with Crippen molar-refractivity contribution in [3.63, 3.8) is 0 Å². The predicted molar refractivity (Wildman–Crippen MR) is 105 cm³/mol. The van der Waals surface area contributed by atoms with Gasteiger partial charge >= 0.3 is 14.0 Å². The van der Waals surface area contributed by atoms with Crippen LogP contribution in [0.2, 0.25) is 5.02 Å². The van der Waals surface area contributed by atoms with E-state index >= 15 is 0 Å². The summed E-state index contributed by atoms with van der Waals surface area (Å²) in [6.45, 7) is 0.747. The van der Waals surface area contributed by atoms with Crippen molar-refractivity contribution in [2.75, 3.05) is 0 Å². The molecule has 0 aliphatic rings. The number of aromatic nitrogens is 2. The Kier molecular flexibility index (Phi) is 6.60. The van der Waals surface area contributed by atoms with Gasteiger partial charge in [-0.1, -0.05) is 11.6 Å². The van der Waals surface area contributed by atoms with Crippen molar-refractivity contribution >= 4 is 19.4 Å². The van der Waals surface area contributed by atoms with Gasteiger partial charge < -0.3 is 14.4 Å². The minimum Gasteiger partial charge on any atom is -0.317 e. The minimum atomic E-state index is -4.81. The lowest BCUT2D eigenvalue weighted by atomic mass is 10.0. The number of nitrogens with zero attached hydrogens (tertiary/aromatic N) is 2. The van der Waals surface area contributed by atoms with Crippen LogP contribution in [0.15, 0.2) is 35.1 Å². The lowest BCUT2D eigenvalue weighted by Gasteiger charge is -2.14. The normalized spacial score (nSPS) is 12.2. The molecule has 0 aliphatic heterocycles. The number of hydrogen-bond donors (Lipinski definition) is 2. The number of phosphoric acid groups is 1. The Balaban J connectivity index is 1.98. The molecule has 7 nitrogen and oxygen atoms in total. The third-order valence-corrected chi connectivity index (χ3v) is 5.19. The maximum absolute atomic E-state index is 14.2. The second kappa shape index (κ2) is 8.76. The molecule has 1 aromatic carbocycles. The van der Waals surface area contributed by atoms with Crippen LogP contribution < -0.4 is 5.43 Å². The Hall–Kier alpha value is -2.56. The standard InChI is InChI=1S/C19H12ClF4N2O5P/c1-10-17(20)18(27)14(8-26(10)9-31-32(28,29)30)11-2-5-16(25-7-11)13-4-3-12(6-15(13)21)19(22,23)24/h2-6H,9H2,1H3,(H2,28,29,30). The predicted octanol–water partition coefficient (Wildman–Crippen LogP) is 4.36. The van der Waals surface area contributed by atoms with Crippen molar-refractivity contribution in [1.29, 1.82) is 0 Å². The van der Waals surface area contributed by atoms with E-state index < -0.39 is 37.5 Å². The molecule has 0 saturated heterocycles. The van der Waals surface area contributed by atoms with Gasteiger partial charge in [-0.25, -0.2) is 13.9 Å². The molecule has 2 heterocycles. The third kappa shape index (κ3) is 5.25. The second-order valence-corrected chi connectivity index (χ2v) is 8.06. The summed E-state index contributed by atoms with van der Waals surface area (Å²) in [4.78, 5) is 34.1. The smallest absolute Gasteiger partial charge is 0.317 e. The first-order chi connectivity index (χ1) is 14.8. The number of pyridine rings is 2. The molecule has 0 atom stereocenters. The molecule has 0 aliphatic carbocycles. The number of rotatable bonds is 5. The molecule has 0 bridgehead atoms. The lowest BCUT2D eigenvalue weighted by Crippen LogP contribution is -2.16. The molecular formula is C19H12ClF4N2O5P. The average Bonchev–Trinajstić information content (AvgIpc) is 2.70. The monoisotopic (exact) mass is 490 g/mol. The van der Waals surface area contributed by atoms with Crippen LogP contribution in [0.3, 0.4) is 0 Å². The molecule has 3 rings (SSSR count). The molecule has 0 fully saturated rings. The van der Waals surface area contributed by atoms with Crippen molar-refractivity contribution in [1.82, 2.24) is 9.55 Å². The van der Waals surface area contributed by atoms with Crippen molar-refractivity contribution in [3.8, 4) is 22.4 Å². The van der Waals surface area contributed by atoms with Gasteiger partial charge in [0.05, 0.1) is 29.2 Å². The Bertz CT molecular complexity index is 1270. The molecule has 13 heteroatoms. The highest BCUT2D eigenvalue weighted by molar-refractivity contribution is 7.46. The molecular weight excluding hydrogens is 479 g/mol. The second-order valence-electron chi connectivity index (χ2n) is 6.44. The van der Waals surface area contributed by atoms with E-state index in [1.165, 1.54) is 19.1 Å². The zero-order chi connectivity index (χ0) is 23.8. The first kappa shape index (κ1) is 24.1. The summed E-state index contributed by atoms with van der Waals surface area (Å²) in [6.07, 6.45) is 0.359. The first-order valence-electron chi connectivity index (χ1n) is 8.56. The van der Waals surface area contributed by atoms with E-state index in [-0.39, 0.29) is 33.1 Å². The Morgan fingerprint density at radius 2 is 1.94 bits per heavy atom.